The number of anilines is 1. The van der Waals surface area contributed by atoms with Gasteiger partial charge in [0.15, 0.2) is 11.5 Å². The molecule has 0 saturated heterocycles. The Balaban J connectivity index is 1.67. The van der Waals surface area contributed by atoms with Gasteiger partial charge in [-0.3, -0.25) is 4.57 Å². The molecule has 0 radical (unpaired) electrons. The van der Waals surface area contributed by atoms with E-state index in [4.69, 9.17) is 4.74 Å². The van der Waals surface area contributed by atoms with E-state index in [1.54, 1.807) is 19.4 Å². The first-order chi connectivity index (χ1) is 11.7. The Morgan fingerprint density at radius 1 is 1.21 bits per heavy atom. The number of imidazole rings is 1. The fourth-order valence-corrected chi connectivity index (χ4v) is 2.54. The summed E-state index contributed by atoms with van der Waals surface area (Å²) in [7, 11) is 1.55. The minimum absolute atomic E-state index is 0.192. The van der Waals surface area contributed by atoms with E-state index < -0.39 is 0 Å². The van der Waals surface area contributed by atoms with Crippen LogP contribution in [-0.2, 0) is 6.42 Å². The van der Waals surface area contributed by atoms with Gasteiger partial charge in [-0.25, -0.2) is 9.97 Å². The van der Waals surface area contributed by atoms with Crippen molar-refractivity contribution in [1.29, 1.82) is 0 Å². The van der Waals surface area contributed by atoms with Crippen molar-refractivity contribution < 1.29 is 9.84 Å². The van der Waals surface area contributed by atoms with E-state index in [0.29, 0.717) is 18.7 Å². The Kier molecular flexibility index (Phi) is 4.65. The number of benzene rings is 1. The van der Waals surface area contributed by atoms with Crippen molar-refractivity contribution in [2.45, 2.75) is 13.3 Å². The van der Waals surface area contributed by atoms with E-state index >= 15 is 0 Å². The molecule has 2 aromatic heterocycles. The first-order valence-corrected chi connectivity index (χ1v) is 7.75. The molecule has 0 amide bonds. The second-order valence-electron chi connectivity index (χ2n) is 5.37. The molecule has 0 aliphatic heterocycles. The molecule has 6 nitrogen and oxygen atoms in total. The van der Waals surface area contributed by atoms with Gasteiger partial charge in [-0.05, 0) is 37.1 Å². The highest BCUT2D eigenvalue weighted by Gasteiger charge is 2.07. The van der Waals surface area contributed by atoms with E-state index in [9.17, 15) is 5.11 Å². The molecule has 3 aromatic rings. The molecule has 24 heavy (non-hydrogen) atoms. The summed E-state index contributed by atoms with van der Waals surface area (Å²) in [5.41, 5.74) is 0.837. The second kappa shape index (κ2) is 7.04. The van der Waals surface area contributed by atoms with Crippen LogP contribution in [-0.4, -0.2) is 33.3 Å². The number of para-hydroxylation sites is 1. The van der Waals surface area contributed by atoms with Crippen LogP contribution in [0.1, 0.15) is 11.4 Å². The zero-order valence-electron chi connectivity index (χ0n) is 13.7. The molecule has 124 valence electrons. The van der Waals surface area contributed by atoms with Crippen molar-refractivity contribution in [3.05, 3.63) is 60.2 Å². The van der Waals surface area contributed by atoms with Gasteiger partial charge < -0.3 is 15.2 Å². The molecule has 0 aliphatic rings. The molecule has 0 unspecified atom stereocenters. The SMILES string of the molecule is COc1cccc(CCNc2cccc(-n3ccnc3C)n2)c1O. The highest BCUT2D eigenvalue weighted by molar-refractivity contribution is 5.46. The summed E-state index contributed by atoms with van der Waals surface area (Å²) in [5, 5.41) is 13.4. The molecular formula is C18H20N4O2. The zero-order valence-corrected chi connectivity index (χ0v) is 13.7. The van der Waals surface area contributed by atoms with Crippen LogP contribution in [0.5, 0.6) is 11.5 Å². The Morgan fingerprint density at radius 3 is 2.79 bits per heavy atom. The lowest BCUT2D eigenvalue weighted by atomic mass is 10.1. The third kappa shape index (κ3) is 3.32. The van der Waals surface area contributed by atoms with Crippen molar-refractivity contribution in [1.82, 2.24) is 14.5 Å². The Hall–Kier alpha value is -3.02. The van der Waals surface area contributed by atoms with Crippen molar-refractivity contribution in [2.75, 3.05) is 19.0 Å². The van der Waals surface area contributed by atoms with E-state index in [1.165, 1.54) is 0 Å². The van der Waals surface area contributed by atoms with Gasteiger partial charge in [-0.2, -0.15) is 0 Å². The minimum Gasteiger partial charge on any atom is -0.504 e. The standard InChI is InChI=1S/C18H20N4O2/c1-13-19-11-12-22(13)17-8-4-7-16(21-17)20-10-9-14-5-3-6-15(24-2)18(14)23/h3-8,11-12,23H,9-10H2,1-2H3,(H,20,21). The number of ether oxygens (including phenoxy) is 1. The number of rotatable bonds is 6. The highest BCUT2D eigenvalue weighted by atomic mass is 16.5. The van der Waals surface area contributed by atoms with E-state index in [0.717, 1.165) is 23.0 Å². The number of pyridine rings is 1. The maximum Gasteiger partial charge on any atom is 0.160 e. The predicted octanol–water partition coefficient (Wildman–Crippen LogP) is 2.94. The summed E-state index contributed by atoms with van der Waals surface area (Å²) in [4.78, 5) is 8.80. The van der Waals surface area contributed by atoms with Gasteiger partial charge in [0.1, 0.15) is 17.5 Å². The van der Waals surface area contributed by atoms with Gasteiger partial charge in [-0.15, -0.1) is 0 Å². The topological polar surface area (TPSA) is 72.2 Å². The number of aryl methyl sites for hydroxylation is 1. The smallest absolute Gasteiger partial charge is 0.160 e. The van der Waals surface area contributed by atoms with Gasteiger partial charge in [-0.1, -0.05) is 18.2 Å². The molecular weight excluding hydrogens is 304 g/mol. The number of nitrogens with zero attached hydrogens (tertiary/aromatic N) is 3. The fraction of sp³-hybridized carbons (Fsp3) is 0.222. The maximum atomic E-state index is 10.1. The second-order valence-corrected chi connectivity index (χ2v) is 5.37. The van der Waals surface area contributed by atoms with Crippen LogP contribution >= 0.6 is 0 Å². The molecule has 2 heterocycles. The third-order valence-corrected chi connectivity index (χ3v) is 3.81. The quantitative estimate of drug-likeness (QED) is 0.729. The third-order valence-electron chi connectivity index (χ3n) is 3.81. The van der Waals surface area contributed by atoms with Crippen LogP contribution in [0.2, 0.25) is 0 Å². The number of methoxy groups -OCH3 is 1. The Bertz CT molecular complexity index is 829. The van der Waals surface area contributed by atoms with Crippen LogP contribution in [0.4, 0.5) is 5.82 Å². The van der Waals surface area contributed by atoms with E-state index in [1.807, 2.05) is 48.0 Å². The van der Waals surface area contributed by atoms with Crippen LogP contribution < -0.4 is 10.1 Å². The number of phenols is 1. The molecule has 0 saturated carbocycles. The van der Waals surface area contributed by atoms with Gasteiger partial charge in [0, 0.05) is 18.9 Å². The average Bonchev–Trinajstić information content (AvgIpc) is 3.03. The summed E-state index contributed by atoms with van der Waals surface area (Å²) < 4.78 is 7.06. The first-order valence-electron chi connectivity index (χ1n) is 7.75. The van der Waals surface area contributed by atoms with Crippen molar-refractivity contribution in [2.24, 2.45) is 0 Å². The van der Waals surface area contributed by atoms with Crippen LogP contribution in [0.3, 0.4) is 0 Å². The number of hydrogen-bond donors (Lipinski definition) is 2. The predicted molar refractivity (Wildman–Crippen MR) is 92.9 cm³/mol. The van der Waals surface area contributed by atoms with Gasteiger partial charge in [0.25, 0.3) is 0 Å². The summed E-state index contributed by atoms with van der Waals surface area (Å²) >= 11 is 0. The average molecular weight is 324 g/mol. The summed E-state index contributed by atoms with van der Waals surface area (Å²) in [5.74, 6) is 3.17. The number of aromatic hydroxyl groups is 1. The van der Waals surface area contributed by atoms with Crippen molar-refractivity contribution in [3.63, 3.8) is 0 Å². The molecule has 2 N–H and O–H groups in total. The largest absolute Gasteiger partial charge is 0.504 e. The van der Waals surface area contributed by atoms with Crippen molar-refractivity contribution >= 4 is 5.82 Å². The Labute approximate surface area is 140 Å². The lowest BCUT2D eigenvalue weighted by molar-refractivity contribution is 0.371. The summed E-state index contributed by atoms with van der Waals surface area (Å²) in [6.07, 6.45) is 4.30. The zero-order chi connectivity index (χ0) is 16.9. The van der Waals surface area contributed by atoms with E-state index in [2.05, 4.69) is 15.3 Å². The fourth-order valence-electron chi connectivity index (χ4n) is 2.54. The molecule has 0 fully saturated rings. The molecule has 3 rings (SSSR count). The number of phenolic OH excluding ortho intramolecular Hbond substituents is 1. The van der Waals surface area contributed by atoms with E-state index in [-0.39, 0.29) is 5.75 Å². The molecule has 6 heteroatoms. The lowest BCUT2D eigenvalue weighted by Gasteiger charge is -2.11. The highest BCUT2D eigenvalue weighted by Crippen LogP contribution is 2.29. The molecule has 0 aliphatic carbocycles. The lowest BCUT2D eigenvalue weighted by Crippen LogP contribution is -2.08. The molecule has 0 atom stereocenters. The Morgan fingerprint density at radius 2 is 2.04 bits per heavy atom. The number of hydrogen-bond acceptors (Lipinski definition) is 5. The monoisotopic (exact) mass is 324 g/mol. The van der Waals surface area contributed by atoms with Gasteiger partial charge >= 0.3 is 0 Å². The molecule has 1 aromatic carbocycles. The number of nitrogens with one attached hydrogen (secondary N) is 1. The molecule has 0 bridgehead atoms. The van der Waals surface area contributed by atoms with Gasteiger partial charge in [0.05, 0.1) is 7.11 Å². The first kappa shape index (κ1) is 15.9. The summed E-state index contributed by atoms with van der Waals surface area (Å²) in [6, 6.07) is 11.3. The minimum atomic E-state index is 0.192. The molecule has 0 spiro atoms. The van der Waals surface area contributed by atoms with Crippen molar-refractivity contribution in [3.8, 4) is 17.3 Å². The van der Waals surface area contributed by atoms with Crippen LogP contribution in [0.25, 0.3) is 5.82 Å². The summed E-state index contributed by atoms with van der Waals surface area (Å²) in [6.45, 7) is 2.59. The van der Waals surface area contributed by atoms with Crippen LogP contribution in [0.15, 0.2) is 48.8 Å². The van der Waals surface area contributed by atoms with Gasteiger partial charge in [0.2, 0.25) is 0 Å². The van der Waals surface area contributed by atoms with Crippen LogP contribution in [0, 0.1) is 6.92 Å². The normalized spacial score (nSPS) is 10.6. The maximum absolute atomic E-state index is 10.1. The number of aromatic nitrogens is 3.